The Hall–Kier alpha value is -2.04. The van der Waals surface area contributed by atoms with Gasteiger partial charge in [-0.1, -0.05) is 17.7 Å². The van der Waals surface area contributed by atoms with Crippen LogP contribution in [0.1, 0.15) is 24.0 Å². The normalized spacial score (nSPS) is 18.7. The molecule has 108 valence electrons. The van der Waals surface area contributed by atoms with Crippen LogP contribution in [0.4, 0.5) is 4.79 Å². The van der Waals surface area contributed by atoms with E-state index in [-0.39, 0.29) is 6.54 Å². The van der Waals surface area contributed by atoms with Crippen molar-refractivity contribution in [1.29, 1.82) is 0 Å². The molecule has 0 bridgehead atoms. The monoisotopic (exact) mass is 277 g/mol. The number of hydrogen-bond acceptors (Lipinski definition) is 3. The summed E-state index contributed by atoms with van der Waals surface area (Å²) in [5.74, 6) is -0.817. The Morgan fingerprint density at radius 3 is 2.75 bits per heavy atom. The maximum atomic E-state index is 12.1. The average molecular weight is 277 g/mol. The predicted octanol–water partition coefficient (Wildman–Crippen LogP) is 2.60. The Labute approximate surface area is 118 Å². The molecule has 1 aliphatic rings. The number of nitrogens with zero attached hydrogens (tertiary/aromatic N) is 1. The third kappa shape index (κ3) is 3.29. The third-order valence-corrected chi connectivity index (χ3v) is 3.56. The van der Waals surface area contributed by atoms with Crippen LogP contribution in [-0.2, 0) is 4.79 Å². The molecule has 1 N–H and O–H groups in total. The van der Waals surface area contributed by atoms with E-state index < -0.39 is 18.0 Å². The minimum atomic E-state index is -0.853. The Morgan fingerprint density at radius 2 is 2.10 bits per heavy atom. The molecule has 1 aromatic carbocycles. The van der Waals surface area contributed by atoms with Gasteiger partial charge in [0.2, 0.25) is 0 Å². The third-order valence-electron chi connectivity index (χ3n) is 3.56. The minimum absolute atomic E-state index is 0.221. The maximum Gasteiger partial charge on any atom is 0.415 e. The number of carboxylic acids is 1. The Balaban J connectivity index is 2.02. The number of benzene rings is 1. The maximum absolute atomic E-state index is 12.1. The molecule has 1 fully saturated rings. The summed E-state index contributed by atoms with van der Waals surface area (Å²) < 4.78 is 5.36. The molecular formula is C15H19NO4. The second-order valence-electron chi connectivity index (χ2n) is 5.26. The Morgan fingerprint density at radius 1 is 1.35 bits per heavy atom. The fourth-order valence-corrected chi connectivity index (χ4v) is 2.42. The van der Waals surface area contributed by atoms with Crippen molar-refractivity contribution < 1.29 is 19.4 Å². The number of piperidine rings is 1. The highest BCUT2D eigenvalue weighted by Gasteiger charge is 2.29. The molecule has 5 heteroatoms. The summed E-state index contributed by atoms with van der Waals surface area (Å²) in [5.41, 5.74) is 2.00. The van der Waals surface area contributed by atoms with Crippen LogP contribution in [0.15, 0.2) is 18.2 Å². The number of carboxylic acid groups (broad SMARTS) is 1. The first-order chi connectivity index (χ1) is 9.47. The fourth-order valence-electron chi connectivity index (χ4n) is 2.42. The molecule has 1 aliphatic heterocycles. The van der Waals surface area contributed by atoms with E-state index in [0.717, 1.165) is 11.1 Å². The molecule has 0 aliphatic carbocycles. The van der Waals surface area contributed by atoms with Crippen LogP contribution in [0.2, 0.25) is 0 Å². The zero-order valence-corrected chi connectivity index (χ0v) is 11.8. The summed E-state index contributed by atoms with van der Waals surface area (Å²) in [6.07, 6.45) is 0.838. The second-order valence-corrected chi connectivity index (χ2v) is 5.26. The zero-order chi connectivity index (χ0) is 14.7. The van der Waals surface area contributed by atoms with E-state index >= 15 is 0 Å². The standard InChI is InChI=1S/C15H19NO4/c1-10-5-6-13(11(2)8-10)20-15(19)16-7-3-4-12(9-16)14(17)18/h5-6,8,12H,3-4,7,9H2,1-2H3,(H,17,18). The molecular weight excluding hydrogens is 258 g/mol. The quantitative estimate of drug-likeness (QED) is 0.902. The molecule has 0 spiro atoms. The lowest BCUT2D eigenvalue weighted by molar-refractivity contribution is -0.143. The number of ether oxygens (including phenoxy) is 1. The van der Waals surface area contributed by atoms with Gasteiger partial charge in [0.1, 0.15) is 5.75 Å². The summed E-state index contributed by atoms with van der Waals surface area (Å²) in [7, 11) is 0. The van der Waals surface area contributed by atoms with Crippen molar-refractivity contribution in [3.05, 3.63) is 29.3 Å². The van der Waals surface area contributed by atoms with Crippen molar-refractivity contribution in [2.24, 2.45) is 5.92 Å². The molecule has 0 saturated carbocycles. The van der Waals surface area contributed by atoms with Crippen LogP contribution in [0.5, 0.6) is 5.75 Å². The smallest absolute Gasteiger partial charge is 0.415 e. The number of hydrogen-bond donors (Lipinski definition) is 1. The molecule has 1 amide bonds. The highest BCUT2D eigenvalue weighted by Crippen LogP contribution is 2.22. The topological polar surface area (TPSA) is 66.8 Å². The van der Waals surface area contributed by atoms with Gasteiger partial charge in [0.15, 0.2) is 0 Å². The van der Waals surface area contributed by atoms with Gasteiger partial charge in [-0.05, 0) is 38.3 Å². The van der Waals surface area contributed by atoms with Crippen LogP contribution in [0, 0.1) is 19.8 Å². The highest BCUT2D eigenvalue weighted by molar-refractivity contribution is 5.74. The Kier molecular flexibility index (Phi) is 4.27. The van der Waals surface area contributed by atoms with Crippen LogP contribution in [0.3, 0.4) is 0 Å². The Bertz CT molecular complexity index is 527. The number of amides is 1. The molecule has 1 unspecified atom stereocenters. The highest BCUT2D eigenvalue weighted by atomic mass is 16.6. The van der Waals surface area contributed by atoms with Gasteiger partial charge < -0.3 is 14.7 Å². The van der Waals surface area contributed by atoms with E-state index in [2.05, 4.69) is 0 Å². The summed E-state index contributed by atoms with van der Waals surface area (Å²) in [6, 6.07) is 5.59. The molecule has 5 nitrogen and oxygen atoms in total. The number of rotatable bonds is 2. The SMILES string of the molecule is Cc1ccc(OC(=O)N2CCCC(C(=O)O)C2)c(C)c1. The second kappa shape index (κ2) is 5.94. The molecule has 2 rings (SSSR count). The number of aliphatic carboxylic acids is 1. The molecule has 0 radical (unpaired) electrons. The summed E-state index contributed by atoms with van der Waals surface area (Å²) in [5, 5.41) is 9.02. The van der Waals surface area contributed by atoms with E-state index in [1.165, 1.54) is 4.90 Å². The number of aryl methyl sites for hydroxylation is 2. The van der Waals surface area contributed by atoms with Crippen molar-refractivity contribution in [3.8, 4) is 5.75 Å². The van der Waals surface area contributed by atoms with Crippen molar-refractivity contribution in [3.63, 3.8) is 0 Å². The summed E-state index contributed by atoms with van der Waals surface area (Å²) >= 11 is 0. The summed E-state index contributed by atoms with van der Waals surface area (Å²) in [6.45, 7) is 4.62. The van der Waals surface area contributed by atoms with Crippen molar-refractivity contribution in [2.75, 3.05) is 13.1 Å². The first-order valence-electron chi connectivity index (χ1n) is 6.74. The molecule has 1 heterocycles. The predicted molar refractivity (Wildman–Crippen MR) is 73.9 cm³/mol. The van der Waals surface area contributed by atoms with Gasteiger partial charge in [-0.2, -0.15) is 0 Å². The van der Waals surface area contributed by atoms with Crippen molar-refractivity contribution >= 4 is 12.1 Å². The molecule has 1 atom stereocenters. The lowest BCUT2D eigenvalue weighted by Crippen LogP contribution is -2.43. The first-order valence-corrected chi connectivity index (χ1v) is 6.74. The van der Waals surface area contributed by atoms with E-state index in [1.54, 1.807) is 6.07 Å². The number of carbonyl (C=O) groups excluding carboxylic acids is 1. The van der Waals surface area contributed by atoms with Gasteiger partial charge in [0.05, 0.1) is 5.92 Å². The summed E-state index contributed by atoms with van der Waals surface area (Å²) in [4.78, 5) is 24.6. The van der Waals surface area contributed by atoms with Crippen molar-refractivity contribution in [2.45, 2.75) is 26.7 Å². The van der Waals surface area contributed by atoms with E-state index in [0.29, 0.717) is 25.1 Å². The zero-order valence-electron chi connectivity index (χ0n) is 11.8. The van der Waals surface area contributed by atoms with E-state index in [9.17, 15) is 9.59 Å². The van der Waals surface area contributed by atoms with Crippen LogP contribution < -0.4 is 4.74 Å². The van der Waals surface area contributed by atoms with Crippen molar-refractivity contribution in [1.82, 2.24) is 4.90 Å². The first kappa shape index (κ1) is 14.4. The van der Waals surface area contributed by atoms with Gasteiger partial charge in [0, 0.05) is 13.1 Å². The number of likely N-dealkylation sites (tertiary alicyclic amines) is 1. The van der Waals surface area contributed by atoms with E-state index in [4.69, 9.17) is 9.84 Å². The van der Waals surface area contributed by atoms with E-state index in [1.807, 2.05) is 26.0 Å². The largest absolute Gasteiger partial charge is 0.481 e. The molecule has 20 heavy (non-hydrogen) atoms. The van der Waals surface area contributed by atoms with Crippen LogP contribution in [0.25, 0.3) is 0 Å². The van der Waals surface area contributed by atoms with Gasteiger partial charge >= 0.3 is 12.1 Å². The van der Waals surface area contributed by atoms with Gasteiger partial charge in [-0.25, -0.2) is 4.79 Å². The van der Waals surface area contributed by atoms with Gasteiger partial charge in [-0.3, -0.25) is 4.79 Å². The molecule has 1 saturated heterocycles. The lowest BCUT2D eigenvalue weighted by Gasteiger charge is -2.29. The van der Waals surface area contributed by atoms with Gasteiger partial charge in [0.25, 0.3) is 0 Å². The number of carbonyl (C=O) groups is 2. The minimum Gasteiger partial charge on any atom is -0.481 e. The molecule has 0 aromatic heterocycles. The molecule has 1 aromatic rings. The van der Waals surface area contributed by atoms with Gasteiger partial charge in [-0.15, -0.1) is 0 Å². The average Bonchev–Trinajstić information content (AvgIpc) is 2.42. The fraction of sp³-hybridized carbons (Fsp3) is 0.467. The lowest BCUT2D eigenvalue weighted by atomic mass is 9.99. The van der Waals surface area contributed by atoms with Crippen LogP contribution >= 0.6 is 0 Å². The van der Waals surface area contributed by atoms with Crippen LogP contribution in [-0.4, -0.2) is 35.2 Å².